The minimum atomic E-state index is -0.700. The van der Waals surface area contributed by atoms with Gasteiger partial charge in [0.1, 0.15) is 5.75 Å². The van der Waals surface area contributed by atoms with Gasteiger partial charge in [0.05, 0.1) is 19.3 Å². The molecule has 1 aromatic carbocycles. The molecule has 0 aliphatic carbocycles. The highest BCUT2D eigenvalue weighted by Crippen LogP contribution is 2.21. The molecule has 0 heterocycles. The first kappa shape index (κ1) is 10.0. The maximum absolute atomic E-state index is 9.05. The zero-order valence-corrected chi connectivity index (χ0v) is 7.95. The highest BCUT2D eigenvalue weighted by molar-refractivity contribution is 5.32. The molecule has 0 unspecified atom stereocenters. The summed E-state index contributed by atoms with van der Waals surface area (Å²) in [4.78, 5) is 0. The Hall–Kier alpha value is -1.06. The molecule has 0 bridgehead atoms. The molecule has 13 heavy (non-hydrogen) atoms. The maximum atomic E-state index is 9.05. The van der Waals surface area contributed by atoms with Gasteiger partial charge in [0.25, 0.3) is 0 Å². The molecular formula is C10H15NO2. The zero-order chi connectivity index (χ0) is 9.90. The Morgan fingerprint density at radius 3 is 2.77 bits per heavy atom. The fourth-order valence-corrected chi connectivity index (χ4v) is 1.07. The van der Waals surface area contributed by atoms with E-state index in [0.717, 1.165) is 11.3 Å². The number of aliphatic hydroxyl groups excluding tert-OH is 1. The van der Waals surface area contributed by atoms with Crippen molar-refractivity contribution in [3.63, 3.8) is 0 Å². The lowest BCUT2D eigenvalue weighted by Crippen LogP contribution is -2.36. The fraction of sp³-hybridized carbons (Fsp3) is 0.400. The van der Waals surface area contributed by atoms with E-state index in [1.54, 1.807) is 14.0 Å². The van der Waals surface area contributed by atoms with Crippen LogP contribution in [0.15, 0.2) is 24.3 Å². The largest absolute Gasteiger partial charge is 0.497 e. The van der Waals surface area contributed by atoms with Crippen LogP contribution in [0.1, 0.15) is 12.5 Å². The Kier molecular flexibility index (Phi) is 2.90. The van der Waals surface area contributed by atoms with E-state index in [2.05, 4.69) is 0 Å². The third-order valence-corrected chi connectivity index (χ3v) is 2.06. The molecule has 72 valence electrons. The van der Waals surface area contributed by atoms with Crippen molar-refractivity contribution >= 4 is 0 Å². The molecule has 1 rings (SSSR count). The average molecular weight is 181 g/mol. The van der Waals surface area contributed by atoms with Gasteiger partial charge < -0.3 is 15.6 Å². The summed E-state index contributed by atoms with van der Waals surface area (Å²) in [7, 11) is 1.60. The van der Waals surface area contributed by atoms with Crippen molar-refractivity contribution in [2.75, 3.05) is 13.7 Å². The molecule has 3 N–H and O–H groups in total. The van der Waals surface area contributed by atoms with Gasteiger partial charge in [-0.1, -0.05) is 12.1 Å². The molecule has 0 spiro atoms. The van der Waals surface area contributed by atoms with Gasteiger partial charge in [-0.15, -0.1) is 0 Å². The van der Waals surface area contributed by atoms with Crippen LogP contribution in [0.3, 0.4) is 0 Å². The topological polar surface area (TPSA) is 55.5 Å². The van der Waals surface area contributed by atoms with E-state index in [-0.39, 0.29) is 6.61 Å². The second-order valence-electron chi connectivity index (χ2n) is 3.31. The Bertz CT molecular complexity index is 284. The fourth-order valence-electron chi connectivity index (χ4n) is 1.07. The Labute approximate surface area is 78.1 Å². The maximum Gasteiger partial charge on any atom is 0.119 e. The SMILES string of the molecule is COc1cccc([C@](C)(N)CO)c1. The number of nitrogens with two attached hydrogens (primary N) is 1. The third-order valence-electron chi connectivity index (χ3n) is 2.06. The van der Waals surface area contributed by atoms with Crippen LogP contribution in [0.25, 0.3) is 0 Å². The van der Waals surface area contributed by atoms with Crippen LogP contribution in [0.2, 0.25) is 0 Å². The van der Waals surface area contributed by atoms with E-state index in [1.165, 1.54) is 0 Å². The van der Waals surface area contributed by atoms with Gasteiger partial charge >= 0.3 is 0 Å². The number of ether oxygens (including phenoxy) is 1. The summed E-state index contributed by atoms with van der Waals surface area (Å²) in [6, 6.07) is 7.40. The van der Waals surface area contributed by atoms with E-state index in [1.807, 2.05) is 24.3 Å². The van der Waals surface area contributed by atoms with E-state index in [9.17, 15) is 0 Å². The van der Waals surface area contributed by atoms with Crippen molar-refractivity contribution in [2.45, 2.75) is 12.5 Å². The minimum absolute atomic E-state index is 0.0832. The normalized spacial score (nSPS) is 15.1. The Morgan fingerprint density at radius 1 is 1.54 bits per heavy atom. The molecule has 3 heteroatoms. The number of hydrogen-bond acceptors (Lipinski definition) is 3. The van der Waals surface area contributed by atoms with Crippen LogP contribution >= 0.6 is 0 Å². The smallest absolute Gasteiger partial charge is 0.119 e. The van der Waals surface area contributed by atoms with E-state index < -0.39 is 5.54 Å². The standard InChI is InChI=1S/C10H15NO2/c1-10(11,7-12)8-4-3-5-9(6-8)13-2/h3-6,12H,7,11H2,1-2H3/t10-/m1/s1. The lowest BCUT2D eigenvalue weighted by molar-refractivity contribution is 0.210. The quantitative estimate of drug-likeness (QED) is 0.727. The van der Waals surface area contributed by atoms with Crippen LogP contribution < -0.4 is 10.5 Å². The summed E-state index contributed by atoms with van der Waals surface area (Å²) in [5, 5.41) is 9.05. The predicted molar refractivity (Wildman–Crippen MR) is 51.6 cm³/mol. The molecule has 0 aliphatic rings. The van der Waals surface area contributed by atoms with E-state index in [4.69, 9.17) is 15.6 Å². The van der Waals surface area contributed by atoms with Gasteiger partial charge in [0, 0.05) is 0 Å². The van der Waals surface area contributed by atoms with Crippen LogP contribution in [-0.4, -0.2) is 18.8 Å². The highest BCUT2D eigenvalue weighted by atomic mass is 16.5. The number of rotatable bonds is 3. The van der Waals surface area contributed by atoms with Crippen LogP contribution in [0.5, 0.6) is 5.75 Å². The first-order valence-corrected chi connectivity index (χ1v) is 4.14. The summed E-state index contributed by atoms with van der Waals surface area (Å²) in [5.41, 5.74) is 6.03. The first-order valence-electron chi connectivity index (χ1n) is 4.14. The van der Waals surface area contributed by atoms with Gasteiger partial charge in [-0.25, -0.2) is 0 Å². The summed E-state index contributed by atoms with van der Waals surface area (Å²) in [6.07, 6.45) is 0. The molecule has 0 fully saturated rings. The van der Waals surface area contributed by atoms with E-state index in [0.29, 0.717) is 0 Å². The second-order valence-corrected chi connectivity index (χ2v) is 3.31. The molecule has 0 radical (unpaired) electrons. The molecule has 1 atom stereocenters. The highest BCUT2D eigenvalue weighted by Gasteiger charge is 2.19. The predicted octanol–water partition coefficient (Wildman–Crippen LogP) is 0.861. The molecule has 3 nitrogen and oxygen atoms in total. The molecule has 0 aromatic heterocycles. The van der Waals surface area contributed by atoms with Crippen molar-refractivity contribution < 1.29 is 9.84 Å². The molecular weight excluding hydrogens is 166 g/mol. The first-order chi connectivity index (χ1) is 6.10. The average Bonchev–Trinajstić information content (AvgIpc) is 2.18. The monoisotopic (exact) mass is 181 g/mol. The molecule has 1 aromatic rings. The van der Waals surface area contributed by atoms with Gasteiger partial charge in [0.2, 0.25) is 0 Å². The Morgan fingerprint density at radius 2 is 2.23 bits per heavy atom. The molecule has 0 aliphatic heterocycles. The number of aliphatic hydroxyl groups is 1. The van der Waals surface area contributed by atoms with Gasteiger partial charge in [-0.05, 0) is 24.6 Å². The summed E-state index contributed by atoms with van der Waals surface area (Å²) >= 11 is 0. The lowest BCUT2D eigenvalue weighted by atomic mass is 9.94. The van der Waals surface area contributed by atoms with Crippen LogP contribution in [-0.2, 0) is 5.54 Å². The number of methoxy groups -OCH3 is 1. The third kappa shape index (κ3) is 2.20. The van der Waals surface area contributed by atoms with Crippen molar-refractivity contribution in [3.8, 4) is 5.75 Å². The Balaban J connectivity index is 3.01. The van der Waals surface area contributed by atoms with Crippen molar-refractivity contribution in [1.29, 1.82) is 0 Å². The van der Waals surface area contributed by atoms with Gasteiger partial charge in [-0.2, -0.15) is 0 Å². The van der Waals surface area contributed by atoms with Gasteiger partial charge in [-0.3, -0.25) is 0 Å². The number of benzene rings is 1. The van der Waals surface area contributed by atoms with Crippen LogP contribution in [0.4, 0.5) is 0 Å². The van der Waals surface area contributed by atoms with Crippen molar-refractivity contribution in [3.05, 3.63) is 29.8 Å². The molecule has 0 saturated carbocycles. The summed E-state index contributed by atoms with van der Waals surface area (Å²) in [5.74, 6) is 0.752. The summed E-state index contributed by atoms with van der Waals surface area (Å²) in [6.45, 7) is 1.70. The van der Waals surface area contributed by atoms with Crippen molar-refractivity contribution in [1.82, 2.24) is 0 Å². The van der Waals surface area contributed by atoms with E-state index >= 15 is 0 Å². The second kappa shape index (κ2) is 3.77. The number of hydrogen-bond donors (Lipinski definition) is 2. The minimum Gasteiger partial charge on any atom is -0.497 e. The zero-order valence-electron chi connectivity index (χ0n) is 7.95. The molecule has 0 saturated heterocycles. The van der Waals surface area contributed by atoms with Crippen molar-refractivity contribution in [2.24, 2.45) is 5.73 Å². The van der Waals surface area contributed by atoms with Crippen LogP contribution in [0, 0.1) is 0 Å². The summed E-state index contributed by atoms with van der Waals surface area (Å²) < 4.78 is 5.06. The van der Waals surface area contributed by atoms with Gasteiger partial charge in [0.15, 0.2) is 0 Å². The lowest BCUT2D eigenvalue weighted by Gasteiger charge is -2.22. The molecule has 0 amide bonds.